The number of aromatic nitrogens is 2. The van der Waals surface area contributed by atoms with Gasteiger partial charge in [-0.1, -0.05) is 23.8 Å². The molecule has 0 aliphatic rings. The highest BCUT2D eigenvalue weighted by Crippen LogP contribution is 2.32. The molecule has 1 N–H and O–H groups in total. The number of nitrogens with zero attached hydrogens (tertiary/aromatic N) is 3. The Kier molecular flexibility index (Phi) is 3.90. The quantitative estimate of drug-likeness (QED) is 0.577. The molecule has 4 nitrogen and oxygen atoms in total. The lowest BCUT2D eigenvalue weighted by molar-refractivity contribution is 1.19. The van der Waals surface area contributed by atoms with Crippen LogP contribution < -0.4 is 5.43 Å². The zero-order valence-electron chi connectivity index (χ0n) is 13.1. The van der Waals surface area contributed by atoms with Crippen LogP contribution in [0.25, 0.3) is 10.2 Å². The second-order valence-electron chi connectivity index (χ2n) is 5.42. The highest BCUT2D eigenvalue weighted by atomic mass is 32.1. The topological polar surface area (TPSA) is 50.2 Å². The van der Waals surface area contributed by atoms with Crippen molar-refractivity contribution in [1.29, 1.82) is 0 Å². The number of rotatable bonds is 3. The Hall–Kier alpha value is -2.27. The molecular formula is C17H18N4S. The van der Waals surface area contributed by atoms with Crippen LogP contribution in [0.15, 0.2) is 29.6 Å². The van der Waals surface area contributed by atoms with Crippen LogP contribution in [0.4, 0.5) is 5.82 Å². The molecule has 0 unspecified atom stereocenters. The number of thiophene rings is 1. The summed E-state index contributed by atoms with van der Waals surface area (Å²) in [5, 5.41) is 5.40. The van der Waals surface area contributed by atoms with Crippen molar-refractivity contribution < 1.29 is 0 Å². The molecule has 0 spiro atoms. The number of hydrogen-bond acceptors (Lipinski definition) is 5. The summed E-state index contributed by atoms with van der Waals surface area (Å²) in [7, 11) is 0. The van der Waals surface area contributed by atoms with E-state index in [4.69, 9.17) is 0 Å². The molecule has 0 aliphatic heterocycles. The van der Waals surface area contributed by atoms with E-state index in [1.165, 1.54) is 21.6 Å². The average molecular weight is 310 g/mol. The number of hydrogen-bond donors (Lipinski definition) is 1. The highest BCUT2D eigenvalue weighted by Gasteiger charge is 2.11. The average Bonchev–Trinajstić information content (AvgIpc) is 2.77. The Morgan fingerprint density at radius 2 is 1.95 bits per heavy atom. The number of hydrazone groups is 1. The zero-order valence-corrected chi connectivity index (χ0v) is 14.0. The van der Waals surface area contributed by atoms with Crippen LogP contribution in [0.1, 0.15) is 27.1 Å². The van der Waals surface area contributed by atoms with E-state index in [0.717, 1.165) is 21.6 Å². The Balaban J connectivity index is 1.89. The molecule has 3 aromatic rings. The number of aryl methyl sites for hydroxylation is 4. The van der Waals surface area contributed by atoms with E-state index in [2.05, 4.69) is 66.4 Å². The van der Waals surface area contributed by atoms with E-state index in [9.17, 15) is 0 Å². The molecule has 0 fully saturated rings. The third-order valence-corrected chi connectivity index (χ3v) is 4.88. The summed E-state index contributed by atoms with van der Waals surface area (Å²) < 4.78 is 0. The van der Waals surface area contributed by atoms with E-state index in [1.807, 2.05) is 6.21 Å². The fourth-order valence-corrected chi connectivity index (χ4v) is 3.40. The lowest BCUT2D eigenvalue weighted by atomic mass is 10.1. The van der Waals surface area contributed by atoms with Gasteiger partial charge in [0, 0.05) is 4.88 Å². The minimum atomic E-state index is 0.757. The first-order valence-electron chi connectivity index (χ1n) is 7.13. The number of benzene rings is 1. The van der Waals surface area contributed by atoms with Crippen LogP contribution in [0.5, 0.6) is 0 Å². The molecule has 0 aliphatic carbocycles. The van der Waals surface area contributed by atoms with E-state index >= 15 is 0 Å². The molecule has 0 saturated heterocycles. The predicted molar refractivity (Wildman–Crippen MR) is 94.0 cm³/mol. The molecule has 112 valence electrons. The first-order chi connectivity index (χ1) is 10.6. The molecule has 0 bridgehead atoms. The Bertz CT molecular complexity index is 864. The maximum absolute atomic E-state index is 4.34. The van der Waals surface area contributed by atoms with Gasteiger partial charge in [-0.2, -0.15) is 5.10 Å². The van der Waals surface area contributed by atoms with Crippen molar-refractivity contribution in [2.45, 2.75) is 27.7 Å². The molecule has 3 rings (SSSR count). The second kappa shape index (κ2) is 5.85. The third-order valence-electron chi connectivity index (χ3n) is 3.76. The van der Waals surface area contributed by atoms with Gasteiger partial charge in [0.25, 0.3) is 0 Å². The van der Waals surface area contributed by atoms with Crippen molar-refractivity contribution in [3.05, 3.63) is 51.7 Å². The first kappa shape index (κ1) is 14.7. The molecular weight excluding hydrogens is 292 g/mol. The van der Waals surface area contributed by atoms with Crippen LogP contribution in [0.2, 0.25) is 0 Å². The Labute approximate surface area is 133 Å². The van der Waals surface area contributed by atoms with Gasteiger partial charge in [-0.15, -0.1) is 11.3 Å². The first-order valence-corrected chi connectivity index (χ1v) is 7.95. The summed E-state index contributed by atoms with van der Waals surface area (Å²) in [6, 6.07) is 6.31. The lowest BCUT2D eigenvalue weighted by Crippen LogP contribution is -1.96. The maximum atomic E-state index is 4.34. The second-order valence-corrected chi connectivity index (χ2v) is 6.62. The summed E-state index contributed by atoms with van der Waals surface area (Å²) >= 11 is 1.68. The fraction of sp³-hybridized carbons (Fsp3) is 0.235. The lowest BCUT2D eigenvalue weighted by Gasteiger charge is -2.03. The van der Waals surface area contributed by atoms with E-state index in [0.29, 0.717) is 0 Å². The van der Waals surface area contributed by atoms with Gasteiger partial charge < -0.3 is 0 Å². The van der Waals surface area contributed by atoms with Gasteiger partial charge in [0.15, 0.2) is 5.82 Å². The van der Waals surface area contributed by atoms with Gasteiger partial charge in [-0.25, -0.2) is 9.97 Å². The molecule has 0 radical (unpaired) electrons. The van der Waals surface area contributed by atoms with Crippen molar-refractivity contribution in [3.8, 4) is 0 Å². The normalized spacial score (nSPS) is 11.5. The van der Waals surface area contributed by atoms with Gasteiger partial charge in [-0.05, 0) is 44.4 Å². The molecule has 0 amide bonds. The van der Waals surface area contributed by atoms with E-state index in [1.54, 1.807) is 17.7 Å². The van der Waals surface area contributed by atoms with Crippen molar-refractivity contribution in [3.63, 3.8) is 0 Å². The fourth-order valence-electron chi connectivity index (χ4n) is 2.40. The predicted octanol–water partition coefficient (Wildman–Crippen LogP) is 4.37. The summed E-state index contributed by atoms with van der Waals surface area (Å²) in [4.78, 5) is 10.9. The van der Waals surface area contributed by atoms with E-state index < -0.39 is 0 Å². The molecule has 5 heteroatoms. The SMILES string of the molecule is Cc1ccc(/C=N\Nc2ncnc3sc(C)c(C)c23)c(C)c1. The zero-order chi connectivity index (χ0) is 15.7. The summed E-state index contributed by atoms with van der Waals surface area (Å²) in [5.41, 5.74) is 7.83. The van der Waals surface area contributed by atoms with Crippen molar-refractivity contribution in [1.82, 2.24) is 9.97 Å². The van der Waals surface area contributed by atoms with Crippen LogP contribution in [-0.2, 0) is 0 Å². The number of nitrogens with one attached hydrogen (secondary N) is 1. The van der Waals surface area contributed by atoms with Crippen molar-refractivity contribution in [2.24, 2.45) is 5.10 Å². The van der Waals surface area contributed by atoms with Gasteiger partial charge in [-0.3, -0.25) is 5.43 Å². The summed E-state index contributed by atoms with van der Waals surface area (Å²) in [5.74, 6) is 0.757. The Morgan fingerprint density at radius 3 is 2.73 bits per heavy atom. The van der Waals surface area contributed by atoms with Crippen LogP contribution in [0.3, 0.4) is 0 Å². The van der Waals surface area contributed by atoms with Crippen LogP contribution in [-0.4, -0.2) is 16.2 Å². The number of anilines is 1. The van der Waals surface area contributed by atoms with Gasteiger partial charge >= 0.3 is 0 Å². The summed E-state index contributed by atoms with van der Waals surface area (Å²) in [6.07, 6.45) is 3.41. The molecule has 2 aromatic heterocycles. The molecule has 0 atom stereocenters. The minimum Gasteiger partial charge on any atom is -0.261 e. The van der Waals surface area contributed by atoms with Gasteiger partial charge in [0.05, 0.1) is 11.6 Å². The van der Waals surface area contributed by atoms with Gasteiger partial charge in [0.1, 0.15) is 11.2 Å². The smallest absolute Gasteiger partial charge is 0.158 e. The van der Waals surface area contributed by atoms with Gasteiger partial charge in [0.2, 0.25) is 0 Å². The van der Waals surface area contributed by atoms with Crippen LogP contribution in [0, 0.1) is 27.7 Å². The van der Waals surface area contributed by atoms with E-state index in [-0.39, 0.29) is 0 Å². The minimum absolute atomic E-state index is 0.757. The molecule has 2 heterocycles. The highest BCUT2D eigenvalue weighted by molar-refractivity contribution is 7.18. The standard InChI is InChI=1S/C17H18N4S/c1-10-5-6-14(11(2)7-10)8-20-21-16-15-12(3)13(4)22-17(15)19-9-18-16/h5-9H,1-4H3,(H,18,19,21)/b20-8-. The maximum Gasteiger partial charge on any atom is 0.158 e. The molecule has 1 aromatic carbocycles. The monoisotopic (exact) mass is 310 g/mol. The largest absolute Gasteiger partial charge is 0.261 e. The molecule has 0 saturated carbocycles. The number of fused-ring (bicyclic) bond motifs is 1. The van der Waals surface area contributed by atoms with Crippen molar-refractivity contribution >= 4 is 33.6 Å². The summed E-state index contributed by atoms with van der Waals surface area (Å²) in [6.45, 7) is 8.37. The van der Waals surface area contributed by atoms with Crippen LogP contribution >= 0.6 is 11.3 Å². The third kappa shape index (κ3) is 2.72. The Morgan fingerprint density at radius 1 is 1.14 bits per heavy atom. The molecule has 22 heavy (non-hydrogen) atoms. The van der Waals surface area contributed by atoms with Crippen molar-refractivity contribution in [2.75, 3.05) is 5.43 Å².